The van der Waals surface area contributed by atoms with Gasteiger partial charge in [-0.25, -0.2) is 4.98 Å². The number of aryl methyl sites for hydroxylation is 1. The second-order valence-electron chi connectivity index (χ2n) is 3.26. The van der Waals surface area contributed by atoms with Gasteiger partial charge < -0.3 is 4.42 Å². The second-order valence-corrected chi connectivity index (χ2v) is 3.64. The van der Waals surface area contributed by atoms with Crippen molar-refractivity contribution < 1.29 is 4.42 Å². The van der Waals surface area contributed by atoms with Crippen molar-refractivity contribution in [1.82, 2.24) is 4.98 Å². The van der Waals surface area contributed by atoms with Crippen LogP contribution in [0.3, 0.4) is 0 Å². The normalized spacial score (nSPS) is 13.2. The highest BCUT2D eigenvalue weighted by Crippen LogP contribution is 2.19. The maximum atomic E-state index is 5.58. The maximum Gasteiger partial charge on any atom is 0.194 e. The molecule has 74 valence electrons. The van der Waals surface area contributed by atoms with Crippen LogP contribution in [-0.4, -0.2) is 10.9 Å². The molecule has 0 spiro atoms. The standard InChI is InChI=1S/C10H16ClNO/c1-3-8(2)9-7-12-10(13-9)5-4-6-11/h7-8H,3-6H2,1-2H3. The number of hydrogen-bond acceptors (Lipinski definition) is 2. The first-order chi connectivity index (χ1) is 6.27. The summed E-state index contributed by atoms with van der Waals surface area (Å²) in [6.07, 6.45) is 4.70. The largest absolute Gasteiger partial charge is 0.445 e. The van der Waals surface area contributed by atoms with Crippen LogP contribution in [0.15, 0.2) is 10.6 Å². The van der Waals surface area contributed by atoms with Gasteiger partial charge in [-0.05, 0) is 12.8 Å². The first kappa shape index (κ1) is 10.6. The summed E-state index contributed by atoms with van der Waals surface area (Å²) >= 11 is 5.58. The Morgan fingerprint density at radius 1 is 1.62 bits per heavy atom. The lowest BCUT2D eigenvalue weighted by Gasteiger charge is -2.01. The fourth-order valence-corrected chi connectivity index (χ4v) is 1.22. The molecule has 1 aromatic heterocycles. The van der Waals surface area contributed by atoms with E-state index in [2.05, 4.69) is 18.8 Å². The second kappa shape index (κ2) is 5.28. The highest BCUT2D eigenvalue weighted by Gasteiger charge is 2.09. The molecule has 0 aliphatic carbocycles. The van der Waals surface area contributed by atoms with Gasteiger partial charge in [-0.15, -0.1) is 11.6 Å². The van der Waals surface area contributed by atoms with Crippen LogP contribution in [0.2, 0.25) is 0 Å². The number of nitrogens with zero attached hydrogens (tertiary/aromatic N) is 1. The molecule has 2 nitrogen and oxygen atoms in total. The highest BCUT2D eigenvalue weighted by molar-refractivity contribution is 6.17. The van der Waals surface area contributed by atoms with Gasteiger partial charge in [0.15, 0.2) is 5.89 Å². The van der Waals surface area contributed by atoms with E-state index in [1.807, 2.05) is 6.20 Å². The van der Waals surface area contributed by atoms with E-state index in [-0.39, 0.29) is 0 Å². The number of alkyl halides is 1. The lowest BCUT2D eigenvalue weighted by atomic mass is 10.1. The van der Waals surface area contributed by atoms with E-state index in [4.69, 9.17) is 16.0 Å². The molecule has 3 heteroatoms. The minimum absolute atomic E-state index is 0.470. The number of oxazole rings is 1. The van der Waals surface area contributed by atoms with Crippen molar-refractivity contribution in [3.8, 4) is 0 Å². The van der Waals surface area contributed by atoms with Gasteiger partial charge in [0, 0.05) is 18.2 Å². The topological polar surface area (TPSA) is 26.0 Å². The molecule has 0 bridgehead atoms. The van der Waals surface area contributed by atoms with E-state index < -0.39 is 0 Å². The Morgan fingerprint density at radius 2 is 2.38 bits per heavy atom. The monoisotopic (exact) mass is 201 g/mol. The van der Waals surface area contributed by atoms with Crippen LogP contribution in [0.5, 0.6) is 0 Å². The molecular weight excluding hydrogens is 186 g/mol. The van der Waals surface area contributed by atoms with Crippen LogP contribution in [0.25, 0.3) is 0 Å². The summed E-state index contributed by atoms with van der Waals surface area (Å²) < 4.78 is 5.57. The van der Waals surface area contributed by atoms with Gasteiger partial charge in [0.1, 0.15) is 5.76 Å². The van der Waals surface area contributed by atoms with Crippen LogP contribution in [-0.2, 0) is 6.42 Å². The quantitative estimate of drug-likeness (QED) is 0.683. The number of rotatable bonds is 5. The predicted molar refractivity (Wildman–Crippen MR) is 54.3 cm³/mol. The first-order valence-corrected chi connectivity index (χ1v) is 5.32. The van der Waals surface area contributed by atoms with Gasteiger partial charge in [-0.1, -0.05) is 13.8 Å². The van der Waals surface area contributed by atoms with Crippen molar-refractivity contribution in [2.45, 2.75) is 39.0 Å². The van der Waals surface area contributed by atoms with Crippen LogP contribution >= 0.6 is 11.6 Å². The zero-order valence-corrected chi connectivity index (χ0v) is 8.97. The molecule has 0 N–H and O–H groups in total. The highest BCUT2D eigenvalue weighted by atomic mass is 35.5. The van der Waals surface area contributed by atoms with Gasteiger partial charge in [0.25, 0.3) is 0 Å². The fourth-order valence-electron chi connectivity index (χ4n) is 1.09. The Balaban J connectivity index is 2.53. The first-order valence-electron chi connectivity index (χ1n) is 4.78. The van der Waals surface area contributed by atoms with E-state index in [0.717, 1.165) is 30.9 Å². The van der Waals surface area contributed by atoms with Crippen LogP contribution in [0, 0.1) is 0 Å². The number of aromatic nitrogens is 1. The van der Waals surface area contributed by atoms with Crippen molar-refractivity contribution in [2.24, 2.45) is 0 Å². The lowest BCUT2D eigenvalue weighted by Crippen LogP contribution is -1.87. The molecule has 0 radical (unpaired) electrons. The molecule has 1 unspecified atom stereocenters. The van der Waals surface area contributed by atoms with Gasteiger partial charge >= 0.3 is 0 Å². The zero-order chi connectivity index (χ0) is 9.68. The smallest absolute Gasteiger partial charge is 0.194 e. The van der Waals surface area contributed by atoms with Crippen molar-refractivity contribution in [1.29, 1.82) is 0 Å². The van der Waals surface area contributed by atoms with E-state index in [9.17, 15) is 0 Å². The molecule has 1 aromatic rings. The lowest BCUT2D eigenvalue weighted by molar-refractivity contribution is 0.426. The maximum absolute atomic E-state index is 5.58. The molecule has 1 rings (SSSR count). The summed E-state index contributed by atoms with van der Waals surface area (Å²) in [4.78, 5) is 4.20. The fraction of sp³-hybridized carbons (Fsp3) is 0.700. The van der Waals surface area contributed by atoms with Gasteiger partial charge in [-0.2, -0.15) is 0 Å². The zero-order valence-electron chi connectivity index (χ0n) is 8.22. The summed E-state index contributed by atoms with van der Waals surface area (Å²) in [5.74, 6) is 2.95. The SMILES string of the molecule is CCC(C)c1cnc(CCCCl)o1. The molecule has 0 amide bonds. The Labute approximate surface area is 84.3 Å². The van der Waals surface area contributed by atoms with Crippen LogP contribution in [0.4, 0.5) is 0 Å². The average Bonchev–Trinajstić information content (AvgIpc) is 2.62. The summed E-state index contributed by atoms with van der Waals surface area (Å²) in [5, 5.41) is 0. The third kappa shape index (κ3) is 3.03. The molecule has 0 aliphatic heterocycles. The van der Waals surface area contributed by atoms with E-state index in [1.165, 1.54) is 0 Å². The third-order valence-corrected chi connectivity index (χ3v) is 2.46. The molecule has 0 fully saturated rings. The number of halogens is 1. The molecule has 1 atom stereocenters. The molecule has 0 saturated carbocycles. The molecule has 0 aromatic carbocycles. The molecular formula is C10H16ClNO. The van der Waals surface area contributed by atoms with Crippen LogP contribution < -0.4 is 0 Å². The van der Waals surface area contributed by atoms with E-state index in [0.29, 0.717) is 11.8 Å². The third-order valence-electron chi connectivity index (χ3n) is 2.19. The van der Waals surface area contributed by atoms with Crippen molar-refractivity contribution in [3.63, 3.8) is 0 Å². The molecule has 13 heavy (non-hydrogen) atoms. The Morgan fingerprint density at radius 3 is 3.00 bits per heavy atom. The molecule has 1 heterocycles. The Hall–Kier alpha value is -0.500. The average molecular weight is 202 g/mol. The number of hydrogen-bond donors (Lipinski definition) is 0. The van der Waals surface area contributed by atoms with Crippen LogP contribution in [0.1, 0.15) is 44.3 Å². The summed E-state index contributed by atoms with van der Waals surface area (Å²) in [7, 11) is 0. The van der Waals surface area contributed by atoms with Gasteiger partial charge in [0.05, 0.1) is 6.20 Å². The summed E-state index contributed by atoms with van der Waals surface area (Å²) in [6.45, 7) is 4.29. The van der Waals surface area contributed by atoms with Crippen molar-refractivity contribution in [2.75, 3.05) is 5.88 Å². The Bertz CT molecular complexity index is 247. The van der Waals surface area contributed by atoms with E-state index in [1.54, 1.807) is 0 Å². The van der Waals surface area contributed by atoms with Gasteiger partial charge in [-0.3, -0.25) is 0 Å². The summed E-state index contributed by atoms with van der Waals surface area (Å²) in [6, 6.07) is 0. The minimum Gasteiger partial charge on any atom is -0.445 e. The van der Waals surface area contributed by atoms with Crippen molar-refractivity contribution >= 4 is 11.6 Å². The Kier molecular flexibility index (Phi) is 4.29. The van der Waals surface area contributed by atoms with Crippen molar-refractivity contribution in [3.05, 3.63) is 17.8 Å². The van der Waals surface area contributed by atoms with Gasteiger partial charge in [0.2, 0.25) is 0 Å². The van der Waals surface area contributed by atoms with E-state index >= 15 is 0 Å². The summed E-state index contributed by atoms with van der Waals surface area (Å²) in [5.41, 5.74) is 0. The molecule has 0 aliphatic rings. The predicted octanol–water partition coefficient (Wildman–Crippen LogP) is 3.36. The molecule has 0 saturated heterocycles. The minimum atomic E-state index is 0.470.